The van der Waals surface area contributed by atoms with E-state index in [2.05, 4.69) is 10.2 Å². The number of hydrogen-bond acceptors (Lipinski definition) is 2. The normalized spacial score (nSPS) is 21.0. The summed E-state index contributed by atoms with van der Waals surface area (Å²) in [6.45, 7) is 2.11. The molecule has 0 radical (unpaired) electrons. The van der Waals surface area contributed by atoms with Crippen LogP contribution in [-0.4, -0.2) is 26.2 Å². The molecule has 0 bridgehead atoms. The third-order valence-electron chi connectivity index (χ3n) is 2.86. The van der Waals surface area contributed by atoms with Gasteiger partial charge in [0.25, 0.3) is 0 Å². The van der Waals surface area contributed by atoms with E-state index in [9.17, 15) is 0 Å². The van der Waals surface area contributed by atoms with Gasteiger partial charge in [-0.1, -0.05) is 23.2 Å². The molecule has 4 heteroatoms. The number of anilines is 1. The highest BCUT2D eigenvalue weighted by Crippen LogP contribution is 2.28. The van der Waals surface area contributed by atoms with Crippen LogP contribution in [0.25, 0.3) is 0 Å². The second kappa shape index (κ2) is 4.60. The van der Waals surface area contributed by atoms with Crippen molar-refractivity contribution in [3.63, 3.8) is 0 Å². The fourth-order valence-corrected chi connectivity index (χ4v) is 2.20. The molecule has 1 aliphatic heterocycles. The van der Waals surface area contributed by atoms with Gasteiger partial charge in [0.1, 0.15) is 0 Å². The Morgan fingerprint density at radius 1 is 1.33 bits per heavy atom. The van der Waals surface area contributed by atoms with Crippen molar-refractivity contribution in [1.29, 1.82) is 0 Å². The van der Waals surface area contributed by atoms with Crippen LogP contribution < -0.4 is 10.2 Å². The van der Waals surface area contributed by atoms with Crippen molar-refractivity contribution < 1.29 is 0 Å². The molecule has 1 saturated heterocycles. The van der Waals surface area contributed by atoms with Gasteiger partial charge in [-0.15, -0.1) is 0 Å². The fourth-order valence-electron chi connectivity index (χ4n) is 1.91. The smallest absolute Gasteiger partial charge is 0.0612 e. The first kappa shape index (κ1) is 11.1. The highest BCUT2D eigenvalue weighted by Gasteiger charge is 2.21. The molecule has 0 spiro atoms. The first-order valence-corrected chi connectivity index (χ1v) is 5.83. The molecular formula is C11H14Cl2N2. The Kier molecular flexibility index (Phi) is 3.39. The predicted molar refractivity (Wildman–Crippen MR) is 66.1 cm³/mol. The van der Waals surface area contributed by atoms with Crippen molar-refractivity contribution in [2.45, 2.75) is 12.5 Å². The van der Waals surface area contributed by atoms with Crippen LogP contribution in [0.15, 0.2) is 18.2 Å². The second-order valence-corrected chi connectivity index (χ2v) is 4.63. The van der Waals surface area contributed by atoms with Gasteiger partial charge in [-0.05, 0) is 31.7 Å². The molecule has 0 aromatic heterocycles. The summed E-state index contributed by atoms with van der Waals surface area (Å²) in [5.74, 6) is 0. The quantitative estimate of drug-likeness (QED) is 0.861. The molecular weight excluding hydrogens is 231 g/mol. The lowest BCUT2D eigenvalue weighted by molar-refractivity contribution is 0.617. The first-order valence-electron chi connectivity index (χ1n) is 5.08. The second-order valence-electron chi connectivity index (χ2n) is 3.82. The van der Waals surface area contributed by atoms with E-state index in [4.69, 9.17) is 23.2 Å². The standard InChI is InChI=1S/C11H14Cl2N2/c1-14-8-4-5-15(7-8)9-2-3-10(12)11(13)6-9/h2-3,6,8,14H,4-5,7H2,1H3. The Balaban J connectivity index is 2.13. The van der Waals surface area contributed by atoms with Crippen LogP contribution in [0.4, 0.5) is 5.69 Å². The van der Waals surface area contributed by atoms with Crippen LogP contribution >= 0.6 is 23.2 Å². The lowest BCUT2D eigenvalue weighted by Gasteiger charge is -2.19. The number of nitrogens with one attached hydrogen (secondary N) is 1. The monoisotopic (exact) mass is 244 g/mol. The zero-order valence-electron chi connectivity index (χ0n) is 8.63. The Hall–Kier alpha value is -0.440. The van der Waals surface area contributed by atoms with Gasteiger partial charge in [0.05, 0.1) is 10.0 Å². The van der Waals surface area contributed by atoms with Crippen LogP contribution in [-0.2, 0) is 0 Å². The predicted octanol–water partition coefficient (Wildman–Crippen LogP) is 2.79. The fraction of sp³-hybridized carbons (Fsp3) is 0.455. The Bertz CT molecular complexity index is 354. The molecule has 1 aromatic carbocycles. The number of benzene rings is 1. The zero-order valence-corrected chi connectivity index (χ0v) is 10.1. The maximum Gasteiger partial charge on any atom is 0.0612 e. The van der Waals surface area contributed by atoms with E-state index in [1.807, 2.05) is 25.2 Å². The summed E-state index contributed by atoms with van der Waals surface area (Å²) in [5, 5.41) is 4.53. The summed E-state index contributed by atoms with van der Waals surface area (Å²) in [6, 6.07) is 6.39. The van der Waals surface area contributed by atoms with E-state index in [0.29, 0.717) is 16.1 Å². The molecule has 1 aliphatic rings. The molecule has 0 saturated carbocycles. The van der Waals surface area contributed by atoms with E-state index < -0.39 is 0 Å². The first-order chi connectivity index (χ1) is 7.20. The lowest BCUT2D eigenvalue weighted by Crippen LogP contribution is -2.29. The molecule has 1 fully saturated rings. The van der Waals surface area contributed by atoms with Crippen LogP contribution in [0, 0.1) is 0 Å². The van der Waals surface area contributed by atoms with Crippen molar-refractivity contribution in [2.24, 2.45) is 0 Å². The van der Waals surface area contributed by atoms with Gasteiger partial charge in [-0.2, -0.15) is 0 Å². The largest absolute Gasteiger partial charge is 0.370 e. The van der Waals surface area contributed by atoms with Gasteiger partial charge < -0.3 is 10.2 Å². The molecule has 82 valence electrons. The van der Waals surface area contributed by atoms with Crippen LogP contribution in [0.5, 0.6) is 0 Å². The highest BCUT2D eigenvalue weighted by atomic mass is 35.5. The minimum atomic E-state index is 0.583. The van der Waals surface area contributed by atoms with Crippen LogP contribution in [0.1, 0.15) is 6.42 Å². The number of rotatable bonds is 2. The van der Waals surface area contributed by atoms with Crippen LogP contribution in [0.2, 0.25) is 10.0 Å². The van der Waals surface area contributed by atoms with Gasteiger partial charge in [0, 0.05) is 24.8 Å². The maximum atomic E-state index is 5.99. The molecule has 1 heterocycles. The number of hydrogen-bond donors (Lipinski definition) is 1. The molecule has 0 amide bonds. The summed E-state index contributed by atoms with van der Waals surface area (Å²) in [5.41, 5.74) is 1.15. The Morgan fingerprint density at radius 3 is 2.73 bits per heavy atom. The third-order valence-corrected chi connectivity index (χ3v) is 3.60. The van der Waals surface area contributed by atoms with Gasteiger partial charge in [0.2, 0.25) is 0 Å². The summed E-state index contributed by atoms with van der Waals surface area (Å²) in [4.78, 5) is 2.32. The van der Waals surface area contributed by atoms with Gasteiger partial charge in [-0.3, -0.25) is 0 Å². The summed E-state index contributed by atoms with van der Waals surface area (Å²) in [7, 11) is 2.00. The molecule has 2 rings (SSSR count). The molecule has 1 N–H and O–H groups in total. The number of halogens is 2. The van der Waals surface area contributed by atoms with E-state index in [1.165, 1.54) is 6.42 Å². The third kappa shape index (κ3) is 2.39. The van der Waals surface area contributed by atoms with Crippen molar-refractivity contribution in [3.05, 3.63) is 28.2 Å². The molecule has 1 unspecified atom stereocenters. The van der Waals surface area contributed by atoms with E-state index in [1.54, 1.807) is 0 Å². The summed E-state index contributed by atoms with van der Waals surface area (Å²) in [6.07, 6.45) is 1.18. The Morgan fingerprint density at radius 2 is 2.13 bits per heavy atom. The lowest BCUT2D eigenvalue weighted by atomic mass is 10.3. The topological polar surface area (TPSA) is 15.3 Å². The van der Waals surface area contributed by atoms with E-state index in [0.717, 1.165) is 18.8 Å². The molecule has 15 heavy (non-hydrogen) atoms. The molecule has 1 atom stereocenters. The average molecular weight is 245 g/mol. The molecule has 0 aliphatic carbocycles. The van der Waals surface area contributed by atoms with E-state index >= 15 is 0 Å². The molecule has 1 aromatic rings. The number of nitrogens with zero attached hydrogens (tertiary/aromatic N) is 1. The average Bonchev–Trinajstić information content (AvgIpc) is 2.70. The van der Waals surface area contributed by atoms with Gasteiger partial charge in [-0.25, -0.2) is 0 Å². The SMILES string of the molecule is CNC1CCN(c2ccc(Cl)c(Cl)c2)C1. The minimum Gasteiger partial charge on any atom is -0.370 e. The number of likely N-dealkylation sites (N-methyl/N-ethyl adjacent to an activating group) is 1. The Labute approximate surface area is 100 Å². The van der Waals surface area contributed by atoms with Gasteiger partial charge in [0.15, 0.2) is 0 Å². The summed E-state index contributed by atoms with van der Waals surface area (Å²) >= 11 is 11.9. The van der Waals surface area contributed by atoms with Crippen molar-refractivity contribution in [3.8, 4) is 0 Å². The van der Waals surface area contributed by atoms with E-state index in [-0.39, 0.29) is 0 Å². The summed E-state index contributed by atoms with van der Waals surface area (Å²) < 4.78 is 0. The maximum absolute atomic E-state index is 5.99. The molecule has 2 nitrogen and oxygen atoms in total. The van der Waals surface area contributed by atoms with Crippen molar-refractivity contribution >= 4 is 28.9 Å². The van der Waals surface area contributed by atoms with Crippen LogP contribution in [0.3, 0.4) is 0 Å². The van der Waals surface area contributed by atoms with Crippen molar-refractivity contribution in [1.82, 2.24) is 5.32 Å². The highest BCUT2D eigenvalue weighted by molar-refractivity contribution is 6.42. The minimum absolute atomic E-state index is 0.583. The zero-order chi connectivity index (χ0) is 10.8. The van der Waals surface area contributed by atoms with Gasteiger partial charge >= 0.3 is 0 Å². The van der Waals surface area contributed by atoms with Crippen molar-refractivity contribution in [2.75, 3.05) is 25.0 Å².